The van der Waals surface area contributed by atoms with Crippen LogP contribution >= 0.6 is 0 Å². The van der Waals surface area contributed by atoms with Gasteiger partial charge in [0.2, 0.25) is 5.91 Å². The SMILES string of the molecule is COc1ccc(N(C)C(=O)C2(C)CCCC2N)cc1. The van der Waals surface area contributed by atoms with Crippen LogP contribution in [0, 0.1) is 5.41 Å². The fraction of sp³-hybridized carbons (Fsp3) is 0.533. The number of benzene rings is 1. The number of nitrogens with two attached hydrogens (primary N) is 1. The molecule has 104 valence electrons. The maximum Gasteiger partial charge on any atom is 0.234 e. The molecule has 1 saturated carbocycles. The molecule has 2 unspecified atom stereocenters. The van der Waals surface area contributed by atoms with Gasteiger partial charge in [-0.05, 0) is 44.0 Å². The van der Waals surface area contributed by atoms with Gasteiger partial charge in [0.1, 0.15) is 5.75 Å². The summed E-state index contributed by atoms with van der Waals surface area (Å²) in [6, 6.07) is 7.45. The molecule has 1 aliphatic carbocycles. The van der Waals surface area contributed by atoms with Crippen LogP contribution in [0.5, 0.6) is 5.75 Å². The number of carbonyl (C=O) groups is 1. The average molecular weight is 262 g/mol. The number of carbonyl (C=O) groups excluding carboxylic acids is 1. The number of anilines is 1. The smallest absolute Gasteiger partial charge is 0.234 e. The highest BCUT2D eigenvalue weighted by Gasteiger charge is 2.44. The number of hydrogen-bond donors (Lipinski definition) is 1. The lowest BCUT2D eigenvalue weighted by Gasteiger charge is -2.32. The Bertz CT molecular complexity index is 458. The van der Waals surface area contributed by atoms with E-state index in [1.165, 1.54) is 0 Å². The van der Waals surface area contributed by atoms with Gasteiger partial charge >= 0.3 is 0 Å². The van der Waals surface area contributed by atoms with Crippen LogP contribution in [0.1, 0.15) is 26.2 Å². The lowest BCUT2D eigenvalue weighted by atomic mass is 9.83. The molecule has 19 heavy (non-hydrogen) atoms. The Morgan fingerprint density at radius 2 is 2.05 bits per heavy atom. The Labute approximate surface area is 114 Å². The molecule has 2 rings (SSSR count). The summed E-state index contributed by atoms with van der Waals surface area (Å²) >= 11 is 0. The van der Waals surface area contributed by atoms with Crippen molar-refractivity contribution in [1.29, 1.82) is 0 Å². The summed E-state index contributed by atoms with van der Waals surface area (Å²) in [5, 5.41) is 0. The molecule has 1 aromatic carbocycles. The van der Waals surface area contributed by atoms with E-state index in [4.69, 9.17) is 10.5 Å². The van der Waals surface area contributed by atoms with Gasteiger partial charge in [0.05, 0.1) is 12.5 Å². The second-order valence-electron chi connectivity index (χ2n) is 5.48. The Balaban J connectivity index is 2.18. The van der Waals surface area contributed by atoms with Crippen LogP contribution in [0.4, 0.5) is 5.69 Å². The zero-order valence-corrected chi connectivity index (χ0v) is 11.8. The lowest BCUT2D eigenvalue weighted by molar-refractivity contribution is -0.127. The summed E-state index contributed by atoms with van der Waals surface area (Å²) in [4.78, 5) is 14.3. The van der Waals surface area contributed by atoms with Crippen molar-refractivity contribution in [3.05, 3.63) is 24.3 Å². The van der Waals surface area contributed by atoms with Crippen LogP contribution in [-0.4, -0.2) is 26.1 Å². The second kappa shape index (κ2) is 5.21. The van der Waals surface area contributed by atoms with E-state index in [-0.39, 0.29) is 11.9 Å². The molecule has 0 spiro atoms. The van der Waals surface area contributed by atoms with Crippen molar-refractivity contribution in [2.45, 2.75) is 32.2 Å². The molecule has 0 aliphatic heterocycles. The van der Waals surface area contributed by atoms with Crippen molar-refractivity contribution < 1.29 is 9.53 Å². The van der Waals surface area contributed by atoms with Crippen LogP contribution in [0.15, 0.2) is 24.3 Å². The van der Waals surface area contributed by atoms with Crippen LogP contribution in [0.25, 0.3) is 0 Å². The monoisotopic (exact) mass is 262 g/mol. The highest BCUT2D eigenvalue weighted by Crippen LogP contribution is 2.39. The number of ether oxygens (including phenoxy) is 1. The van der Waals surface area contributed by atoms with Gasteiger partial charge in [0, 0.05) is 18.8 Å². The van der Waals surface area contributed by atoms with Gasteiger partial charge < -0.3 is 15.4 Å². The van der Waals surface area contributed by atoms with Crippen molar-refractivity contribution in [3.63, 3.8) is 0 Å². The third-order valence-electron chi connectivity index (χ3n) is 4.28. The van der Waals surface area contributed by atoms with E-state index in [9.17, 15) is 4.79 Å². The van der Waals surface area contributed by atoms with Crippen LogP contribution < -0.4 is 15.4 Å². The van der Waals surface area contributed by atoms with Gasteiger partial charge in [0.25, 0.3) is 0 Å². The zero-order chi connectivity index (χ0) is 14.0. The predicted octanol–water partition coefficient (Wildman–Crippen LogP) is 2.18. The summed E-state index contributed by atoms with van der Waals surface area (Å²) in [7, 11) is 3.43. The molecule has 2 N–H and O–H groups in total. The van der Waals surface area contributed by atoms with E-state index >= 15 is 0 Å². The first-order chi connectivity index (χ1) is 8.99. The first-order valence-corrected chi connectivity index (χ1v) is 6.67. The Morgan fingerprint density at radius 3 is 2.53 bits per heavy atom. The van der Waals surface area contributed by atoms with Gasteiger partial charge in [-0.15, -0.1) is 0 Å². The number of nitrogens with zero attached hydrogens (tertiary/aromatic N) is 1. The molecule has 1 fully saturated rings. The van der Waals surface area contributed by atoms with E-state index in [1.807, 2.05) is 31.2 Å². The fourth-order valence-corrected chi connectivity index (χ4v) is 2.76. The highest BCUT2D eigenvalue weighted by atomic mass is 16.5. The third-order valence-corrected chi connectivity index (χ3v) is 4.28. The zero-order valence-electron chi connectivity index (χ0n) is 11.8. The molecular formula is C15H22N2O2. The Hall–Kier alpha value is -1.55. The van der Waals surface area contributed by atoms with Crippen LogP contribution in [-0.2, 0) is 4.79 Å². The minimum Gasteiger partial charge on any atom is -0.497 e. The minimum atomic E-state index is -0.436. The normalized spacial score (nSPS) is 26.2. The van der Waals surface area contributed by atoms with Gasteiger partial charge in [0.15, 0.2) is 0 Å². The predicted molar refractivity (Wildman–Crippen MR) is 76.3 cm³/mol. The molecule has 2 atom stereocenters. The summed E-state index contributed by atoms with van der Waals surface area (Å²) in [5.74, 6) is 0.885. The van der Waals surface area contributed by atoms with Crippen molar-refractivity contribution >= 4 is 11.6 Å². The molecule has 1 amide bonds. The van der Waals surface area contributed by atoms with Crippen LogP contribution in [0.3, 0.4) is 0 Å². The van der Waals surface area contributed by atoms with Gasteiger partial charge in [-0.1, -0.05) is 6.42 Å². The van der Waals surface area contributed by atoms with Crippen LogP contribution in [0.2, 0.25) is 0 Å². The Kier molecular flexibility index (Phi) is 3.80. The summed E-state index contributed by atoms with van der Waals surface area (Å²) in [5.41, 5.74) is 6.54. The van der Waals surface area contributed by atoms with Gasteiger partial charge in [-0.2, -0.15) is 0 Å². The number of rotatable bonds is 3. The molecule has 1 aromatic rings. The molecule has 4 nitrogen and oxygen atoms in total. The second-order valence-corrected chi connectivity index (χ2v) is 5.48. The van der Waals surface area contributed by atoms with Gasteiger partial charge in [-0.3, -0.25) is 4.79 Å². The summed E-state index contributed by atoms with van der Waals surface area (Å²) in [6.45, 7) is 1.98. The van der Waals surface area contributed by atoms with Crippen molar-refractivity contribution in [3.8, 4) is 5.75 Å². The number of methoxy groups -OCH3 is 1. The van der Waals surface area contributed by atoms with Crippen molar-refractivity contribution in [2.75, 3.05) is 19.1 Å². The molecule has 0 saturated heterocycles. The molecule has 0 aromatic heterocycles. The third kappa shape index (κ3) is 2.45. The van der Waals surface area contributed by atoms with E-state index in [0.29, 0.717) is 0 Å². The average Bonchev–Trinajstić information content (AvgIpc) is 2.78. The molecule has 0 bridgehead atoms. The van der Waals surface area contributed by atoms with E-state index < -0.39 is 5.41 Å². The fourth-order valence-electron chi connectivity index (χ4n) is 2.76. The molecule has 4 heteroatoms. The standard InChI is InChI=1S/C15H22N2O2/c1-15(10-4-5-13(15)16)14(18)17(2)11-6-8-12(19-3)9-7-11/h6-9,13H,4-5,10,16H2,1-3H3. The van der Waals surface area contributed by atoms with E-state index in [0.717, 1.165) is 30.7 Å². The Morgan fingerprint density at radius 1 is 1.42 bits per heavy atom. The van der Waals surface area contributed by atoms with E-state index in [1.54, 1.807) is 19.1 Å². The van der Waals surface area contributed by atoms with Gasteiger partial charge in [-0.25, -0.2) is 0 Å². The molecular weight excluding hydrogens is 240 g/mol. The lowest BCUT2D eigenvalue weighted by Crippen LogP contribution is -2.48. The molecule has 1 aliphatic rings. The van der Waals surface area contributed by atoms with E-state index in [2.05, 4.69) is 0 Å². The largest absolute Gasteiger partial charge is 0.497 e. The highest BCUT2D eigenvalue weighted by molar-refractivity contribution is 5.97. The summed E-state index contributed by atoms with van der Waals surface area (Å²) in [6.07, 6.45) is 2.83. The first kappa shape index (κ1) is 13.9. The summed E-state index contributed by atoms with van der Waals surface area (Å²) < 4.78 is 5.12. The molecule has 0 heterocycles. The topological polar surface area (TPSA) is 55.6 Å². The minimum absolute atomic E-state index is 0.0410. The first-order valence-electron chi connectivity index (χ1n) is 6.67. The van der Waals surface area contributed by atoms with Crippen molar-refractivity contribution in [1.82, 2.24) is 0 Å². The maximum atomic E-state index is 12.6. The van der Waals surface area contributed by atoms with Crippen molar-refractivity contribution in [2.24, 2.45) is 11.1 Å². The quantitative estimate of drug-likeness (QED) is 0.908. The number of amides is 1. The maximum absolute atomic E-state index is 12.6. The number of hydrogen-bond acceptors (Lipinski definition) is 3. The molecule has 0 radical (unpaired) electrons.